The van der Waals surface area contributed by atoms with Crippen LogP contribution >= 0.6 is 11.6 Å². The number of benzene rings is 1. The molecular weight excluding hydrogens is 276 g/mol. The van der Waals surface area contributed by atoms with Gasteiger partial charge in [0.2, 0.25) is 0 Å². The van der Waals surface area contributed by atoms with Crippen molar-refractivity contribution in [3.63, 3.8) is 0 Å². The molecule has 7 heteroatoms. The molecule has 3 aromatic rings. The fourth-order valence-electron chi connectivity index (χ4n) is 2.04. The lowest BCUT2D eigenvalue weighted by atomic mass is 10.3. The zero-order valence-electron chi connectivity index (χ0n) is 10.8. The first-order valence-electron chi connectivity index (χ1n) is 6.18. The van der Waals surface area contributed by atoms with Crippen LogP contribution in [0.2, 0.25) is 5.02 Å². The van der Waals surface area contributed by atoms with Gasteiger partial charge in [-0.2, -0.15) is 5.10 Å². The molecule has 0 radical (unpaired) electrons. The van der Waals surface area contributed by atoms with Gasteiger partial charge in [0.15, 0.2) is 11.5 Å². The van der Waals surface area contributed by atoms with Crippen LogP contribution in [0.15, 0.2) is 30.6 Å². The topological polar surface area (TPSA) is 81.7 Å². The monoisotopic (exact) mass is 288 g/mol. The predicted octanol–water partition coefficient (Wildman–Crippen LogP) is 2.83. The zero-order valence-corrected chi connectivity index (χ0v) is 11.6. The molecule has 2 aromatic heterocycles. The lowest BCUT2D eigenvalue weighted by molar-refractivity contribution is 0.679. The quantitative estimate of drug-likeness (QED) is 0.774. The molecule has 102 valence electrons. The highest BCUT2D eigenvalue weighted by molar-refractivity contribution is 6.30. The lowest BCUT2D eigenvalue weighted by Crippen LogP contribution is -1.99. The Kier molecular flexibility index (Phi) is 3.15. The van der Waals surface area contributed by atoms with Crippen LogP contribution < -0.4 is 11.1 Å². The molecule has 1 aromatic carbocycles. The number of nitrogens with zero attached hydrogens (tertiary/aromatic N) is 4. The zero-order chi connectivity index (χ0) is 14.1. The van der Waals surface area contributed by atoms with E-state index < -0.39 is 0 Å². The molecular formula is C13H13ClN6. The number of nitrogen functional groups attached to an aromatic ring is 1. The molecule has 0 aliphatic heterocycles. The number of rotatable bonds is 3. The summed E-state index contributed by atoms with van der Waals surface area (Å²) in [6.45, 7) is 2.69. The Hall–Kier alpha value is -2.34. The van der Waals surface area contributed by atoms with E-state index in [0.29, 0.717) is 34.2 Å². The first-order valence-corrected chi connectivity index (χ1v) is 6.56. The largest absolute Gasteiger partial charge is 0.383 e. The Bertz CT molecular complexity index is 767. The molecule has 0 saturated heterocycles. The number of aromatic nitrogens is 4. The van der Waals surface area contributed by atoms with Gasteiger partial charge in [-0.1, -0.05) is 17.7 Å². The maximum Gasteiger partial charge on any atom is 0.165 e. The standard InChI is InChI=1S/C13H13ClN6/c1-2-20-13-10(11(15)16-7-17-13)12(19-20)18-9-5-3-4-8(14)6-9/h3-7H,2H2,1H3,(H,18,19)(H2,15,16,17). The van der Waals surface area contributed by atoms with Crippen molar-refractivity contribution in [2.24, 2.45) is 0 Å². The summed E-state index contributed by atoms with van der Waals surface area (Å²) in [7, 11) is 0. The van der Waals surface area contributed by atoms with E-state index in [2.05, 4.69) is 20.4 Å². The van der Waals surface area contributed by atoms with E-state index in [9.17, 15) is 0 Å². The highest BCUT2D eigenvalue weighted by atomic mass is 35.5. The summed E-state index contributed by atoms with van der Waals surface area (Å²) in [6, 6.07) is 7.40. The van der Waals surface area contributed by atoms with Gasteiger partial charge in [-0.05, 0) is 25.1 Å². The fourth-order valence-corrected chi connectivity index (χ4v) is 2.23. The van der Waals surface area contributed by atoms with Crippen LogP contribution in [0, 0.1) is 0 Å². The van der Waals surface area contributed by atoms with Crippen LogP contribution in [-0.2, 0) is 6.54 Å². The summed E-state index contributed by atoms with van der Waals surface area (Å²) in [6.07, 6.45) is 1.44. The molecule has 0 unspecified atom stereocenters. The van der Waals surface area contributed by atoms with Crippen LogP contribution in [0.5, 0.6) is 0 Å². The van der Waals surface area contributed by atoms with Crippen molar-refractivity contribution in [1.29, 1.82) is 0 Å². The number of hydrogen-bond donors (Lipinski definition) is 2. The van der Waals surface area contributed by atoms with Crippen LogP contribution in [0.3, 0.4) is 0 Å². The molecule has 0 fully saturated rings. The summed E-state index contributed by atoms with van der Waals surface area (Å²) >= 11 is 5.98. The first-order chi connectivity index (χ1) is 9.69. The third kappa shape index (κ3) is 2.14. The molecule has 0 saturated carbocycles. The Morgan fingerprint density at radius 2 is 2.20 bits per heavy atom. The third-order valence-electron chi connectivity index (χ3n) is 2.95. The number of halogens is 1. The highest BCUT2D eigenvalue weighted by Gasteiger charge is 2.14. The molecule has 6 nitrogen and oxygen atoms in total. The summed E-state index contributed by atoms with van der Waals surface area (Å²) in [4.78, 5) is 8.26. The summed E-state index contributed by atoms with van der Waals surface area (Å²) in [5, 5.41) is 9.05. The molecule has 3 N–H and O–H groups in total. The molecule has 0 atom stereocenters. The Labute approximate surface area is 120 Å². The van der Waals surface area contributed by atoms with Gasteiger partial charge in [-0.3, -0.25) is 0 Å². The minimum Gasteiger partial charge on any atom is -0.383 e. The van der Waals surface area contributed by atoms with Crippen LogP contribution in [0.25, 0.3) is 11.0 Å². The van der Waals surface area contributed by atoms with Gasteiger partial charge in [0.25, 0.3) is 0 Å². The van der Waals surface area contributed by atoms with E-state index in [0.717, 1.165) is 5.69 Å². The van der Waals surface area contributed by atoms with Crippen molar-refractivity contribution >= 4 is 40.0 Å². The molecule has 2 heterocycles. The van der Waals surface area contributed by atoms with Crippen LogP contribution in [-0.4, -0.2) is 19.7 Å². The van der Waals surface area contributed by atoms with E-state index in [1.807, 2.05) is 31.2 Å². The maximum absolute atomic E-state index is 5.98. The van der Waals surface area contributed by atoms with Crippen LogP contribution in [0.1, 0.15) is 6.92 Å². The van der Waals surface area contributed by atoms with E-state index in [4.69, 9.17) is 17.3 Å². The van der Waals surface area contributed by atoms with Gasteiger partial charge in [0.1, 0.15) is 17.5 Å². The van der Waals surface area contributed by atoms with E-state index in [1.54, 1.807) is 4.68 Å². The van der Waals surface area contributed by atoms with Gasteiger partial charge in [-0.25, -0.2) is 14.6 Å². The minimum absolute atomic E-state index is 0.402. The number of hydrogen-bond acceptors (Lipinski definition) is 5. The predicted molar refractivity (Wildman–Crippen MR) is 80.1 cm³/mol. The van der Waals surface area contributed by atoms with Crippen molar-refractivity contribution < 1.29 is 0 Å². The maximum atomic E-state index is 5.98. The smallest absolute Gasteiger partial charge is 0.165 e. The SMILES string of the molecule is CCn1nc(Nc2cccc(Cl)c2)c2c(N)ncnc21. The van der Waals surface area contributed by atoms with Gasteiger partial charge in [0, 0.05) is 17.3 Å². The van der Waals surface area contributed by atoms with Gasteiger partial charge in [-0.15, -0.1) is 0 Å². The summed E-state index contributed by atoms with van der Waals surface area (Å²) in [5.41, 5.74) is 7.49. The number of nitrogens with two attached hydrogens (primary N) is 1. The van der Waals surface area contributed by atoms with Gasteiger partial charge in [0.05, 0.1) is 0 Å². The van der Waals surface area contributed by atoms with Crippen molar-refractivity contribution in [1.82, 2.24) is 19.7 Å². The molecule has 0 spiro atoms. The Morgan fingerprint density at radius 1 is 1.35 bits per heavy atom. The number of nitrogens with one attached hydrogen (secondary N) is 1. The number of aryl methyl sites for hydroxylation is 1. The average Bonchev–Trinajstić information content (AvgIpc) is 2.78. The number of anilines is 3. The van der Waals surface area contributed by atoms with Crippen molar-refractivity contribution in [2.45, 2.75) is 13.5 Å². The van der Waals surface area contributed by atoms with E-state index in [1.165, 1.54) is 6.33 Å². The second kappa shape index (κ2) is 4.97. The normalized spacial score (nSPS) is 10.9. The highest BCUT2D eigenvalue weighted by Crippen LogP contribution is 2.28. The second-order valence-corrected chi connectivity index (χ2v) is 4.69. The van der Waals surface area contributed by atoms with E-state index >= 15 is 0 Å². The summed E-state index contributed by atoms with van der Waals surface area (Å²) in [5.74, 6) is 1.03. The molecule has 0 amide bonds. The summed E-state index contributed by atoms with van der Waals surface area (Å²) < 4.78 is 1.78. The lowest BCUT2D eigenvalue weighted by Gasteiger charge is -2.04. The second-order valence-electron chi connectivity index (χ2n) is 4.26. The molecule has 3 rings (SSSR count). The fraction of sp³-hybridized carbons (Fsp3) is 0.154. The molecule has 0 aliphatic carbocycles. The minimum atomic E-state index is 0.402. The Balaban J connectivity index is 2.12. The van der Waals surface area contributed by atoms with Gasteiger partial charge >= 0.3 is 0 Å². The number of fused-ring (bicyclic) bond motifs is 1. The third-order valence-corrected chi connectivity index (χ3v) is 3.18. The first kappa shape index (κ1) is 12.7. The van der Waals surface area contributed by atoms with Crippen LogP contribution in [0.4, 0.5) is 17.3 Å². The molecule has 0 bridgehead atoms. The molecule has 0 aliphatic rings. The Morgan fingerprint density at radius 3 is 2.95 bits per heavy atom. The van der Waals surface area contributed by atoms with Crippen molar-refractivity contribution in [3.8, 4) is 0 Å². The molecule has 20 heavy (non-hydrogen) atoms. The van der Waals surface area contributed by atoms with Crippen molar-refractivity contribution in [3.05, 3.63) is 35.6 Å². The van der Waals surface area contributed by atoms with E-state index in [-0.39, 0.29) is 0 Å². The van der Waals surface area contributed by atoms with Crippen molar-refractivity contribution in [2.75, 3.05) is 11.1 Å². The van der Waals surface area contributed by atoms with Gasteiger partial charge < -0.3 is 11.1 Å². The average molecular weight is 289 g/mol.